The number of thiazole rings is 1. The van der Waals surface area contributed by atoms with Crippen LogP contribution in [0.3, 0.4) is 0 Å². The molecule has 1 amide bonds. The largest absolute Gasteiger partial charge is 0.507 e. The molecule has 2 N–H and O–H groups in total. The summed E-state index contributed by atoms with van der Waals surface area (Å²) in [6.07, 6.45) is 0. The molecule has 0 spiro atoms. The van der Waals surface area contributed by atoms with Gasteiger partial charge in [0.1, 0.15) is 5.76 Å². The van der Waals surface area contributed by atoms with Crippen LogP contribution < -0.4 is 9.64 Å². The normalized spacial score (nSPS) is 17.3. The predicted octanol–water partition coefficient (Wildman–Crippen LogP) is 6.05. The van der Waals surface area contributed by atoms with Crippen molar-refractivity contribution in [2.45, 2.75) is 6.04 Å². The Morgan fingerprint density at radius 2 is 1.89 bits per heavy atom. The number of halogens is 2. The molecule has 5 rings (SSSR count). The summed E-state index contributed by atoms with van der Waals surface area (Å²) in [6.45, 7) is 0. The molecule has 35 heavy (non-hydrogen) atoms. The second-order valence-corrected chi connectivity index (χ2v) is 10.00. The molecule has 1 aromatic heterocycles. The Morgan fingerprint density at radius 3 is 2.60 bits per heavy atom. The van der Waals surface area contributed by atoms with E-state index in [1.807, 2.05) is 0 Å². The molecule has 1 fully saturated rings. The molecule has 2 heterocycles. The second-order valence-electron chi connectivity index (χ2n) is 7.70. The number of benzene rings is 3. The van der Waals surface area contributed by atoms with Crippen LogP contribution in [0.4, 0.5) is 5.13 Å². The fourth-order valence-electron chi connectivity index (χ4n) is 3.99. The van der Waals surface area contributed by atoms with Gasteiger partial charge in [0.2, 0.25) is 0 Å². The van der Waals surface area contributed by atoms with Gasteiger partial charge >= 0.3 is 5.91 Å². The van der Waals surface area contributed by atoms with Gasteiger partial charge in [-0.25, -0.2) is 4.98 Å². The predicted molar refractivity (Wildman–Crippen MR) is 138 cm³/mol. The van der Waals surface area contributed by atoms with E-state index >= 15 is 0 Å². The lowest BCUT2D eigenvalue weighted by Gasteiger charge is -2.24. The van der Waals surface area contributed by atoms with Crippen LogP contribution in [-0.2, 0) is 9.59 Å². The first-order valence-corrected chi connectivity index (χ1v) is 12.3. The third-order valence-corrected chi connectivity index (χ3v) is 7.48. The maximum atomic E-state index is 13.4. The van der Waals surface area contributed by atoms with Gasteiger partial charge in [0.05, 0.1) is 33.4 Å². The van der Waals surface area contributed by atoms with Gasteiger partial charge in [-0.05, 0) is 51.8 Å². The number of phenols is 1. The zero-order chi connectivity index (χ0) is 24.9. The topological polar surface area (TPSA) is 100.0 Å². The van der Waals surface area contributed by atoms with Crippen molar-refractivity contribution in [2.24, 2.45) is 0 Å². The van der Waals surface area contributed by atoms with Crippen LogP contribution in [0.25, 0.3) is 16.0 Å². The van der Waals surface area contributed by atoms with E-state index < -0.39 is 17.7 Å². The van der Waals surface area contributed by atoms with E-state index in [1.165, 1.54) is 29.4 Å². The highest BCUT2D eigenvalue weighted by atomic mass is 79.9. The second kappa shape index (κ2) is 8.99. The number of aromatic nitrogens is 1. The number of rotatable bonds is 4. The summed E-state index contributed by atoms with van der Waals surface area (Å²) in [5, 5.41) is 22.3. The monoisotopic (exact) mass is 570 g/mol. The lowest BCUT2D eigenvalue weighted by molar-refractivity contribution is -0.132. The third kappa shape index (κ3) is 3.95. The van der Waals surface area contributed by atoms with Crippen LogP contribution in [0.5, 0.6) is 11.5 Å². The number of aliphatic hydroxyl groups is 1. The first kappa shape index (κ1) is 23.3. The van der Waals surface area contributed by atoms with Crippen LogP contribution >= 0.6 is 38.9 Å². The Labute approximate surface area is 217 Å². The van der Waals surface area contributed by atoms with Crippen molar-refractivity contribution in [1.82, 2.24) is 4.98 Å². The number of aromatic hydroxyl groups is 1. The van der Waals surface area contributed by atoms with Gasteiger partial charge in [-0.1, -0.05) is 53.3 Å². The summed E-state index contributed by atoms with van der Waals surface area (Å²) in [4.78, 5) is 32.5. The zero-order valence-electron chi connectivity index (χ0n) is 18.0. The molecule has 1 aliphatic rings. The minimum Gasteiger partial charge on any atom is -0.507 e. The molecule has 0 bridgehead atoms. The van der Waals surface area contributed by atoms with Gasteiger partial charge < -0.3 is 14.9 Å². The number of amides is 1. The van der Waals surface area contributed by atoms with Crippen molar-refractivity contribution < 1.29 is 24.5 Å². The van der Waals surface area contributed by atoms with Crippen molar-refractivity contribution in [3.63, 3.8) is 0 Å². The van der Waals surface area contributed by atoms with Crippen LogP contribution in [0.2, 0.25) is 5.02 Å². The Bertz CT molecular complexity index is 1540. The van der Waals surface area contributed by atoms with Gasteiger partial charge in [0.25, 0.3) is 5.78 Å². The number of ketones is 1. The molecule has 1 aliphatic heterocycles. The SMILES string of the molecule is COc1cc(C2C(=C(O)c3ccccc3)C(=O)C(=O)N2c2nc3ccc(Cl)cc3s2)cc(Br)c1O. The number of aliphatic hydroxyl groups excluding tert-OH is 1. The molecule has 1 atom stereocenters. The van der Waals surface area contributed by atoms with Crippen LogP contribution in [0, 0.1) is 0 Å². The third-order valence-electron chi connectivity index (χ3n) is 5.62. The minimum atomic E-state index is -1.03. The molecular formula is C25H16BrClN2O5S. The van der Waals surface area contributed by atoms with Crippen molar-refractivity contribution in [3.05, 3.63) is 86.9 Å². The van der Waals surface area contributed by atoms with E-state index in [0.29, 0.717) is 26.1 Å². The Kier molecular flexibility index (Phi) is 6.00. The molecule has 0 radical (unpaired) electrons. The van der Waals surface area contributed by atoms with E-state index in [9.17, 15) is 19.8 Å². The summed E-state index contributed by atoms with van der Waals surface area (Å²) >= 11 is 10.6. The first-order chi connectivity index (χ1) is 16.8. The van der Waals surface area contributed by atoms with Crippen LogP contribution in [0.1, 0.15) is 17.2 Å². The zero-order valence-corrected chi connectivity index (χ0v) is 21.2. The number of carbonyl (C=O) groups excluding carboxylic acids is 2. The van der Waals surface area contributed by atoms with E-state index in [0.717, 1.165) is 4.70 Å². The highest BCUT2D eigenvalue weighted by molar-refractivity contribution is 9.10. The maximum absolute atomic E-state index is 13.4. The summed E-state index contributed by atoms with van der Waals surface area (Å²) in [5.74, 6) is -2.00. The number of hydrogen-bond acceptors (Lipinski definition) is 7. The summed E-state index contributed by atoms with van der Waals surface area (Å²) in [6, 6.07) is 15.7. The van der Waals surface area contributed by atoms with E-state index in [-0.39, 0.29) is 28.0 Å². The number of hydrogen-bond donors (Lipinski definition) is 2. The quantitative estimate of drug-likeness (QED) is 0.176. The molecule has 1 unspecified atom stereocenters. The first-order valence-electron chi connectivity index (χ1n) is 10.3. The highest BCUT2D eigenvalue weighted by Gasteiger charge is 2.48. The molecule has 7 nitrogen and oxygen atoms in total. The molecule has 10 heteroatoms. The summed E-state index contributed by atoms with van der Waals surface area (Å²) in [7, 11) is 1.39. The van der Waals surface area contributed by atoms with Crippen LogP contribution in [0.15, 0.2) is 70.7 Å². The molecule has 4 aromatic rings. The lowest BCUT2D eigenvalue weighted by Crippen LogP contribution is -2.29. The number of fused-ring (bicyclic) bond motifs is 1. The van der Waals surface area contributed by atoms with E-state index in [4.69, 9.17) is 16.3 Å². The van der Waals surface area contributed by atoms with Gasteiger partial charge in [-0.15, -0.1) is 0 Å². The fourth-order valence-corrected chi connectivity index (χ4v) is 5.72. The molecule has 1 saturated heterocycles. The number of carbonyl (C=O) groups is 2. The smallest absolute Gasteiger partial charge is 0.301 e. The summed E-state index contributed by atoms with van der Waals surface area (Å²) in [5.41, 5.74) is 1.33. The minimum absolute atomic E-state index is 0.0990. The highest BCUT2D eigenvalue weighted by Crippen LogP contribution is 2.47. The Morgan fingerprint density at radius 1 is 1.14 bits per heavy atom. The van der Waals surface area contributed by atoms with E-state index in [1.54, 1.807) is 54.6 Å². The van der Waals surface area contributed by atoms with Gasteiger partial charge in [-0.3, -0.25) is 14.5 Å². The van der Waals surface area contributed by atoms with Crippen molar-refractivity contribution in [3.8, 4) is 11.5 Å². The summed E-state index contributed by atoms with van der Waals surface area (Å²) < 4.78 is 6.32. The van der Waals surface area contributed by atoms with Gasteiger partial charge in [0, 0.05) is 10.6 Å². The molecule has 0 saturated carbocycles. The van der Waals surface area contributed by atoms with E-state index in [2.05, 4.69) is 20.9 Å². The number of ether oxygens (including phenoxy) is 1. The molecule has 176 valence electrons. The van der Waals surface area contributed by atoms with Gasteiger partial charge in [-0.2, -0.15) is 0 Å². The number of phenolic OH excluding ortho intramolecular Hbond substituents is 1. The fraction of sp³-hybridized carbons (Fsp3) is 0.0800. The number of Topliss-reactive ketones (excluding diaryl/α,β-unsaturated/α-hetero) is 1. The molecule has 3 aromatic carbocycles. The van der Waals surface area contributed by atoms with Crippen LogP contribution in [-0.4, -0.2) is 34.0 Å². The van der Waals surface area contributed by atoms with Crippen molar-refractivity contribution in [2.75, 3.05) is 12.0 Å². The lowest BCUT2D eigenvalue weighted by atomic mass is 9.95. The van der Waals surface area contributed by atoms with Crippen molar-refractivity contribution in [1.29, 1.82) is 0 Å². The Hall–Kier alpha value is -3.40. The average molecular weight is 572 g/mol. The standard InChI is InChI=1S/C25H16BrClN2O5S/c1-34-17-10-13(9-15(26)22(17)31)20-19(21(30)12-5-3-2-4-6-12)23(32)24(33)29(20)25-28-16-8-7-14(27)11-18(16)35-25/h2-11,20,30-31H,1H3. The molecular weight excluding hydrogens is 556 g/mol. The number of methoxy groups -OCH3 is 1. The average Bonchev–Trinajstić information content (AvgIpc) is 3.38. The molecule has 0 aliphatic carbocycles. The van der Waals surface area contributed by atoms with Gasteiger partial charge in [0.15, 0.2) is 16.6 Å². The number of anilines is 1. The maximum Gasteiger partial charge on any atom is 0.301 e. The Balaban J connectivity index is 1.78. The number of nitrogens with zero attached hydrogens (tertiary/aromatic N) is 2. The van der Waals surface area contributed by atoms with Crippen molar-refractivity contribution >= 4 is 71.7 Å².